The lowest BCUT2D eigenvalue weighted by atomic mass is 10.2. The molecule has 0 unspecified atom stereocenters. The summed E-state index contributed by atoms with van der Waals surface area (Å²) >= 11 is 0. The molecule has 0 radical (unpaired) electrons. The Kier molecular flexibility index (Phi) is 5.41. The molecule has 2 aromatic rings. The zero-order valence-corrected chi connectivity index (χ0v) is 13.4. The van der Waals surface area contributed by atoms with E-state index in [2.05, 4.69) is 5.32 Å². The molecule has 6 heteroatoms. The van der Waals surface area contributed by atoms with Gasteiger partial charge in [-0.25, -0.2) is 0 Å². The van der Waals surface area contributed by atoms with Gasteiger partial charge in [0.25, 0.3) is 5.91 Å². The van der Waals surface area contributed by atoms with Crippen molar-refractivity contribution in [2.75, 3.05) is 20.7 Å². The van der Waals surface area contributed by atoms with Crippen LogP contribution in [0.2, 0.25) is 0 Å². The normalized spacial score (nSPS) is 11.6. The Bertz CT molecular complexity index is 667. The van der Waals surface area contributed by atoms with Gasteiger partial charge in [0.1, 0.15) is 11.5 Å². The van der Waals surface area contributed by atoms with E-state index < -0.39 is 0 Å². The van der Waals surface area contributed by atoms with Gasteiger partial charge in [-0.1, -0.05) is 12.1 Å². The molecule has 0 bridgehead atoms. The standard InChI is InChI=1S/C17H20N2O4/c1-12(14-9-6-10-23-14)19(2)16(20)11-18-17(21)13-7-4-5-8-15(13)22-3/h4-10,12H,11H2,1-3H3,(H,18,21)/t12-/m1/s1. The number of carbonyl (C=O) groups excluding carboxylic acids is 2. The second-order valence-corrected chi connectivity index (χ2v) is 5.08. The van der Waals surface area contributed by atoms with Crippen molar-refractivity contribution in [3.63, 3.8) is 0 Å². The number of para-hydroxylation sites is 1. The van der Waals surface area contributed by atoms with E-state index in [4.69, 9.17) is 9.15 Å². The van der Waals surface area contributed by atoms with Crippen LogP contribution < -0.4 is 10.1 Å². The van der Waals surface area contributed by atoms with Crippen LogP contribution in [0.1, 0.15) is 29.1 Å². The molecule has 2 amide bonds. The lowest BCUT2D eigenvalue weighted by Crippen LogP contribution is -2.39. The fraction of sp³-hybridized carbons (Fsp3) is 0.294. The fourth-order valence-electron chi connectivity index (χ4n) is 2.14. The van der Waals surface area contributed by atoms with Crippen LogP contribution in [0.5, 0.6) is 5.75 Å². The minimum Gasteiger partial charge on any atom is -0.496 e. The van der Waals surface area contributed by atoms with Crippen LogP contribution in [0.3, 0.4) is 0 Å². The van der Waals surface area contributed by atoms with Gasteiger partial charge < -0.3 is 19.4 Å². The summed E-state index contributed by atoms with van der Waals surface area (Å²) < 4.78 is 10.4. The number of rotatable bonds is 6. The van der Waals surface area contributed by atoms with Gasteiger partial charge in [0, 0.05) is 7.05 Å². The van der Waals surface area contributed by atoms with Crippen molar-refractivity contribution in [1.82, 2.24) is 10.2 Å². The third-order valence-electron chi connectivity index (χ3n) is 3.68. The molecule has 1 atom stereocenters. The second-order valence-electron chi connectivity index (χ2n) is 5.08. The Morgan fingerprint density at radius 2 is 2.00 bits per heavy atom. The van der Waals surface area contributed by atoms with Gasteiger partial charge in [-0.05, 0) is 31.2 Å². The van der Waals surface area contributed by atoms with Crippen molar-refractivity contribution in [2.45, 2.75) is 13.0 Å². The molecule has 1 heterocycles. The molecule has 2 rings (SSSR count). The lowest BCUT2D eigenvalue weighted by molar-refractivity contribution is -0.131. The van der Waals surface area contributed by atoms with Crippen molar-refractivity contribution in [1.29, 1.82) is 0 Å². The molecule has 1 N–H and O–H groups in total. The summed E-state index contributed by atoms with van der Waals surface area (Å²) in [6.07, 6.45) is 1.56. The largest absolute Gasteiger partial charge is 0.496 e. The lowest BCUT2D eigenvalue weighted by Gasteiger charge is -2.23. The van der Waals surface area contributed by atoms with Crippen molar-refractivity contribution in [3.8, 4) is 5.75 Å². The van der Waals surface area contributed by atoms with Gasteiger partial charge in [-0.3, -0.25) is 9.59 Å². The predicted molar refractivity (Wildman–Crippen MR) is 85.2 cm³/mol. The first kappa shape index (κ1) is 16.6. The Labute approximate surface area is 135 Å². The fourth-order valence-corrected chi connectivity index (χ4v) is 2.14. The van der Waals surface area contributed by atoms with Crippen molar-refractivity contribution < 1.29 is 18.7 Å². The van der Waals surface area contributed by atoms with Crippen molar-refractivity contribution in [3.05, 3.63) is 54.0 Å². The van der Waals surface area contributed by atoms with Crippen LogP contribution in [0.15, 0.2) is 47.1 Å². The van der Waals surface area contributed by atoms with Crippen LogP contribution in [0, 0.1) is 0 Å². The first-order valence-corrected chi connectivity index (χ1v) is 7.25. The average molecular weight is 316 g/mol. The molecular formula is C17H20N2O4. The van der Waals surface area contributed by atoms with E-state index in [1.54, 1.807) is 43.6 Å². The highest BCUT2D eigenvalue weighted by Gasteiger charge is 2.20. The van der Waals surface area contributed by atoms with Crippen LogP contribution >= 0.6 is 0 Å². The molecule has 6 nitrogen and oxygen atoms in total. The maximum atomic E-state index is 12.2. The first-order valence-electron chi connectivity index (χ1n) is 7.25. The van der Waals surface area contributed by atoms with E-state index >= 15 is 0 Å². The minimum atomic E-state index is -0.352. The minimum absolute atomic E-state index is 0.0988. The number of nitrogens with zero attached hydrogens (tertiary/aromatic N) is 1. The molecule has 122 valence electrons. The van der Waals surface area contributed by atoms with Crippen LogP contribution in [0.4, 0.5) is 0 Å². The number of furan rings is 1. The number of carbonyl (C=O) groups is 2. The third kappa shape index (κ3) is 3.91. The summed E-state index contributed by atoms with van der Waals surface area (Å²) in [6.45, 7) is 1.76. The number of hydrogen-bond acceptors (Lipinski definition) is 4. The molecule has 0 spiro atoms. The number of benzene rings is 1. The molecule has 0 aliphatic heterocycles. The highest BCUT2D eigenvalue weighted by Crippen LogP contribution is 2.19. The monoisotopic (exact) mass is 316 g/mol. The van der Waals surface area contributed by atoms with E-state index in [0.29, 0.717) is 17.1 Å². The quantitative estimate of drug-likeness (QED) is 0.887. The molecule has 0 fully saturated rings. The van der Waals surface area contributed by atoms with E-state index in [1.165, 1.54) is 12.0 Å². The molecule has 0 saturated heterocycles. The summed E-state index contributed by atoms with van der Waals surface area (Å²) in [6, 6.07) is 10.2. The number of amides is 2. The zero-order valence-electron chi connectivity index (χ0n) is 13.4. The van der Waals surface area contributed by atoms with E-state index in [-0.39, 0.29) is 24.4 Å². The zero-order chi connectivity index (χ0) is 16.8. The van der Waals surface area contributed by atoms with Gasteiger partial charge in [0.05, 0.1) is 31.5 Å². The molecule has 1 aromatic heterocycles. The number of hydrogen-bond donors (Lipinski definition) is 1. The molecule has 23 heavy (non-hydrogen) atoms. The Morgan fingerprint density at radius 1 is 1.26 bits per heavy atom. The average Bonchev–Trinajstić information content (AvgIpc) is 3.12. The highest BCUT2D eigenvalue weighted by molar-refractivity contribution is 5.98. The summed E-state index contributed by atoms with van der Waals surface area (Å²) in [7, 11) is 3.17. The number of methoxy groups -OCH3 is 1. The molecule has 0 saturated carbocycles. The topological polar surface area (TPSA) is 71.8 Å². The van der Waals surface area contributed by atoms with Crippen LogP contribution in [0.25, 0.3) is 0 Å². The smallest absolute Gasteiger partial charge is 0.255 e. The third-order valence-corrected chi connectivity index (χ3v) is 3.68. The number of likely N-dealkylation sites (N-methyl/N-ethyl adjacent to an activating group) is 1. The second kappa shape index (κ2) is 7.49. The predicted octanol–water partition coefficient (Wildman–Crippen LogP) is 2.24. The van der Waals surface area contributed by atoms with Gasteiger partial charge in [-0.15, -0.1) is 0 Å². The van der Waals surface area contributed by atoms with Gasteiger partial charge in [0.15, 0.2) is 0 Å². The molecule has 0 aliphatic rings. The van der Waals surface area contributed by atoms with E-state index in [0.717, 1.165) is 0 Å². The summed E-state index contributed by atoms with van der Waals surface area (Å²) in [5, 5.41) is 2.61. The molecule has 1 aromatic carbocycles. The maximum absolute atomic E-state index is 12.2. The summed E-state index contributed by atoms with van der Waals surface area (Å²) in [4.78, 5) is 25.9. The van der Waals surface area contributed by atoms with Crippen LogP contribution in [-0.4, -0.2) is 37.4 Å². The van der Waals surface area contributed by atoms with Gasteiger partial charge >= 0.3 is 0 Å². The van der Waals surface area contributed by atoms with Crippen molar-refractivity contribution in [2.24, 2.45) is 0 Å². The Hall–Kier alpha value is -2.76. The Morgan fingerprint density at radius 3 is 2.65 bits per heavy atom. The summed E-state index contributed by atoms with van der Waals surface area (Å²) in [5.41, 5.74) is 0.393. The van der Waals surface area contributed by atoms with Gasteiger partial charge in [-0.2, -0.15) is 0 Å². The number of ether oxygens (including phenoxy) is 1. The molecule has 0 aliphatic carbocycles. The summed E-state index contributed by atoms with van der Waals surface area (Å²) in [5.74, 6) is 0.596. The van der Waals surface area contributed by atoms with E-state index in [1.807, 2.05) is 13.0 Å². The van der Waals surface area contributed by atoms with E-state index in [9.17, 15) is 9.59 Å². The van der Waals surface area contributed by atoms with Crippen molar-refractivity contribution >= 4 is 11.8 Å². The first-order chi connectivity index (χ1) is 11.0. The highest BCUT2D eigenvalue weighted by atomic mass is 16.5. The number of nitrogens with one attached hydrogen (secondary N) is 1. The maximum Gasteiger partial charge on any atom is 0.255 e. The van der Waals surface area contributed by atoms with Gasteiger partial charge in [0.2, 0.25) is 5.91 Å². The van der Waals surface area contributed by atoms with Crippen LogP contribution in [-0.2, 0) is 4.79 Å². The Balaban J connectivity index is 1.94. The SMILES string of the molecule is COc1ccccc1C(=O)NCC(=O)N(C)[C@H](C)c1ccco1. The molecular weight excluding hydrogens is 296 g/mol.